The van der Waals surface area contributed by atoms with E-state index in [4.69, 9.17) is 0 Å². The van der Waals surface area contributed by atoms with E-state index in [9.17, 15) is 39.6 Å². The molecule has 0 aliphatic heterocycles. The highest BCUT2D eigenvalue weighted by atomic mass is 28.3. The number of rotatable bonds is 6. The Morgan fingerprint density at radius 3 is 1.14 bits per heavy atom. The van der Waals surface area contributed by atoms with Gasteiger partial charge in [-0.15, -0.1) is 0 Å². The van der Waals surface area contributed by atoms with Crippen molar-refractivity contribution < 1.29 is 39.6 Å². The molecule has 4 N–H and O–H groups in total. The summed E-state index contributed by atoms with van der Waals surface area (Å²) in [5, 5.41) is 41.5. The van der Waals surface area contributed by atoms with Crippen molar-refractivity contribution in [2.75, 3.05) is 0 Å². The summed E-state index contributed by atoms with van der Waals surface area (Å²) < 4.78 is 0. The Hall–Kier alpha value is -4.50. The number of hydrogen-bond acceptors (Lipinski definition) is 4. The predicted molar refractivity (Wildman–Crippen MR) is 132 cm³/mol. The summed E-state index contributed by atoms with van der Waals surface area (Å²) in [6.07, 6.45) is 0. The highest BCUT2D eigenvalue weighted by molar-refractivity contribution is 7.03. The molecule has 0 radical (unpaired) electrons. The molecule has 176 valence electrons. The molecule has 4 aromatic rings. The first-order valence-corrected chi connectivity index (χ1v) is 13.5. The van der Waals surface area contributed by atoms with Crippen LogP contribution in [-0.4, -0.2) is 52.4 Å². The number of benzene rings is 4. The quantitative estimate of drug-likeness (QED) is 0.301. The van der Waals surface area contributed by atoms with Crippen molar-refractivity contribution in [3.63, 3.8) is 0 Å². The molecule has 4 aromatic carbocycles. The summed E-state index contributed by atoms with van der Waals surface area (Å²) in [4.78, 5) is 47.6. The molecule has 0 atom stereocenters. The van der Waals surface area contributed by atoms with Crippen LogP contribution in [0, 0.1) is 0 Å². The molecule has 0 heterocycles. The Kier molecular flexibility index (Phi) is 5.66. The maximum absolute atomic E-state index is 11.9. The van der Waals surface area contributed by atoms with Crippen LogP contribution in [0.15, 0.2) is 60.7 Å². The first-order valence-electron chi connectivity index (χ1n) is 10.5. The average Bonchev–Trinajstić information content (AvgIpc) is 2.81. The number of fused-ring (bicyclic) bond motifs is 2. The Morgan fingerprint density at radius 2 is 0.829 bits per heavy atom. The summed E-state index contributed by atoms with van der Waals surface area (Å²) in [5.74, 6) is -5.01. The number of aromatic carboxylic acids is 4. The van der Waals surface area contributed by atoms with Crippen molar-refractivity contribution in [2.24, 2.45) is 0 Å². The maximum Gasteiger partial charge on any atom is 0.336 e. The molecule has 0 amide bonds. The number of hydrogen-bond donors (Lipinski definition) is 4. The zero-order chi connectivity index (χ0) is 25.7. The lowest BCUT2D eigenvalue weighted by Crippen LogP contribution is -2.53. The van der Waals surface area contributed by atoms with Gasteiger partial charge < -0.3 is 20.4 Å². The monoisotopic (exact) mass is 488 g/mol. The second-order valence-electron chi connectivity index (χ2n) is 8.62. The molecule has 0 aliphatic rings. The fraction of sp³-hybridized carbons (Fsp3) is 0.0769. The summed E-state index contributed by atoms with van der Waals surface area (Å²) in [5.41, 5.74) is -0.534. The third-order valence-corrected chi connectivity index (χ3v) is 9.91. The van der Waals surface area contributed by atoms with Crippen molar-refractivity contribution in [3.05, 3.63) is 82.9 Å². The lowest BCUT2D eigenvalue weighted by Gasteiger charge is -2.28. The van der Waals surface area contributed by atoms with E-state index >= 15 is 0 Å². The number of carboxylic acid groups (broad SMARTS) is 4. The molecule has 0 spiro atoms. The third kappa shape index (κ3) is 3.71. The first-order chi connectivity index (χ1) is 16.5. The number of carboxylic acids is 4. The SMILES string of the molecule is C[Si](C)(c1ccc(C(=O)O)c2c(C(=O)O)cccc12)c1ccc(C(=O)O)c2c(C(=O)O)cccc12. The Balaban J connectivity index is 2.12. The van der Waals surface area contributed by atoms with E-state index in [1.54, 1.807) is 36.4 Å². The van der Waals surface area contributed by atoms with E-state index < -0.39 is 32.0 Å². The van der Waals surface area contributed by atoms with Gasteiger partial charge >= 0.3 is 23.9 Å². The van der Waals surface area contributed by atoms with Crippen LogP contribution >= 0.6 is 0 Å². The van der Waals surface area contributed by atoms with Gasteiger partial charge in [-0.2, -0.15) is 0 Å². The predicted octanol–water partition coefficient (Wildman–Crippen LogP) is 3.61. The molecule has 0 saturated heterocycles. The van der Waals surface area contributed by atoms with Crippen LogP contribution in [0.2, 0.25) is 13.1 Å². The highest BCUT2D eigenvalue weighted by Gasteiger charge is 2.33. The topological polar surface area (TPSA) is 149 Å². The lowest BCUT2D eigenvalue weighted by molar-refractivity contribution is 0.0681. The van der Waals surface area contributed by atoms with Crippen molar-refractivity contribution in [1.82, 2.24) is 0 Å². The van der Waals surface area contributed by atoms with Gasteiger partial charge in [-0.25, -0.2) is 19.2 Å². The Labute approximate surface area is 199 Å². The van der Waals surface area contributed by atoms with Gasteiger partial charge in [0, 0.05) is 10.8 Å². The highest BCUT2D eigenvalue weighted by Crippen LogP contribution is 2.28. The number of carbonyl (C=O) groups is 4. The van der Waals surface area contributed by atoms with E-state index in [0.717, 1.165) is 10.4 Å². The van der Waals surface area contributed by atoms with Crippen molar-refractivity contribution in [1.29, 1.82) is 0 Å². The van der Waals surface area contributed by atoms with E-state index in [1.807, 2.05) is 13.1 Å². The molecular formula is C26H20O8Si. The molecule has 8 nitrogen and oxygen atoms in total. The summed E-state index contributed by atoms with van der Waals surface area (Å²) in [6, 6.07) is 15.3. The molecule has 9 heteroatoms. The van der Waals surface area contributed by atoms with Crippen molar-refractivity contribution >= 4 is 63.9 Å². The van der Waals surface area contributed by atoms with Gasteiger partial charge in [-0.05, 0) is 45.4 Å². The summed E-state index contributed by atoms with van der Waals surface area (Å²) in [7, 11) is -2.79. The van der Waals surface area contributed by atoms with Crippen molar-refractivity contribution in [2.45, 2.75) is 13.1 Å². The van der Waals surface area contributed by atoms with Gasteiger partial charge in [-0.3, -0.25) is 0 Å². The van der Waals surface area contributed by atoms with Gasteiger partial charge in [-0.1, -0.05) is 49.5 Å². The van der Waals surface area contributed by atoms with Crippen molar-refractivity contribution in [3.8, 4) is 0 Å². The molecule has 0 unspecified atom stereocenters. The minimum Gasteiger partial charge on any atom is -0.478 e. The lowest BCUT2D eigenvalue weighted by atomic mass is 9.99. The molecule has 35 heavy (non-hydrogen) atoms. The molecule has 0 aromatic heterocycles. The van der Waals surface area contributed by atoms with Crippen LogP contribution in [-0.2, 0) is 0 Å². The molecule has 0 saturated carbocycles. The fourth-order valence-electron chi connectivity index (χ4n) is 4.76. The third-order valence-electron chi connectivity index (χ3n) is 6.35. The van der Waals surface area contributed by atoms with E-state index in [-0.39, 0.29) is 33.0 Å². The van der Waals surface area contributed by atoms with Gasteiger partial charge in [0.25, 0.3) is 0 Å². The van der Waals surface area contributed by atoms with Crippen LogP contribution in [0.4, 0.5) is 0 Å². The zero-order valence-corrected chi connectivity index (χ0v) is 19.7. The van der Waals surface area contributed by atoms with Crippen LogP contribution in [0.5, 0.6) is 0 Å². The van der Waals surface area contributed by atoms with Gasteiger partial charge in [0.05, 0.1) is 22.3 Å². The summed E-state index contributed by atoms with van der Waals surface area (Å²) in [6.45, 7) is 3.94. The average molecular weight is 489 g/mol. The zero-order valence-electron chi connectivity index (χ0n) is 18.7. The van der Waals surface area contributed by atoms with Crippen LogP contribution in [0.25, 0.3) is 21.5 Å². The molecule has 0 aliphatic carbocycles. The standard InChI is InChI=1S/C26H20O8Si/c1-35(2,19-11-9-17(25(31)32)21-13(19)5-3-7-15(21)23(27)28)20-12-10-18(26(33)34)22-14(20)6-4-8-16(22)24(29)30/h3-12H,1-2H3,(H,27,28)(H,29,30)(H,31,32)(H,33,34). The van der Waals surface area contributed by atoms with E-state index in [2.05, 4.69) is 0 Å². The van der Waals surface area contributed by atoms with Gasteiger partial charge in [0.2, 0.25) is 0 Å². The van der Waals surface area contributed by atoms with Crippen LogP contribution in [0.3, 0.4) is 0 Å². The largest absolute Gasteiger partial charge is 0.478 e. The molecule has 0 fully saturated rings. The molecule has 4 rings (SSSR count). The minimum absolute atomic E-state index is 0.114. The van der Waals surface area contributed by atoms with Crippen LogP contribution in [0.1, 0.15) is 41.4 Å². The minimum atomic E-state index is -2.79. The second kappa shape index (κ2) is 8.37. The van der Waals surface area contributed by atoms with Gasteiger partial charge in [0.15, 0.2) is 0 Å². The fourth-order valence-corrected chi connectivity index (χ4v) is 7.81. The first kappa shape index (κ1) is 23.6. The van der Waals surface area contributed by atoms with E-state index in [1.165, 1.54) is 24.3 Å². The Morgan fingerprint density at radius 1 is 0.514 bits per heavy atom. The summed E-state index contributed by atoms with van der Waals surface area (Å²) >= 11 is 0. The smallest absolute Gasteiger partial charge is 0.336 e. The van der Waals surface area contributed by atoms with Crippen LogP contribution < -0.4 is 10.4 Å². The van der Waals surface area contributed by atoms with E-state index in [0.29, 0.717) is 10.8 Å². The Bertz CT molecular complexity index is 1430. The molecular weight excluding hydrogens is 468 g/mol. The normalized spacial score (nSPS) is 11.5. The maximum atomic E-state index is 11.9. The molecule has 0 bridgehead atoms. The second-order valence-corrected chi connectivity index (χ2v) is 13.0. The van der Waals surface area contributed by atoms with Gasteiger partial charge in [0.1, 0.15) is 8.07 Å².